The van der Waals surface area contributed by atoms with E-state index in [9.17, 15) is 0 Å². The van der Waals surface area contributed by atoms with Crippen LogP contribution in [0, 0.1) is 0 Å². The van der Waals surface area contributed by atoms with Gasteiger partial charge in [0.15, 0.2) is 5.82 Å². The lowest BCUT2D eigenvalue weighted by atomic mass is 9.91. The molecule has 0 radical (unpaired) electrons. The number of aryl methyl sites for hydroxylation is 4. The first-order chi connectivity index (χ1) is 20.1. The molecule has 0 atom stereocenters. The number of hydrogen-bond donors (Lipinski definition) is 1. The van der Waals surface area contributed by atoms with Crippen molar-refractivity contribution >= 4 is 11.8 Å². The molecule has 4 aromatic heterocycles. The lowest BCUT2D eigenvalue weighted by molar-refractivity contribution is 0.662. The Hall–Kier alpha value is -5.05. The van der Waals surface area contributed by atoms with E-state index >= 15 is 0 Å². The molecular weight excluding hydrogens is 510 g/mol. The minimum absolute atomic E-state index is 0.544. The number of benzene rings is 2. The van der Waals surface area contributed by atoms with Gasteiger partial charge in [0, 0.05) is 55.8 Å². The van der Waals surface area contributed by atoms with Gasteiger partial charge in [-0.05, 0) is 42.0 Å². The van der Waals surface area contributed by atoms with Crippen molar-refractivity contribution in [3.05, 3.63) is 114 Å². The zero-order valence-corrected chi connectivity index (χ0v) is 23.2. The Kier molecular flexibility index (Phi) is 6.39. The first kappa shape index (κ1) is 25.0. The average molecular weight is 542 g/mol. The van der Waals surface area contributed by atoms with Crippen LogP contribution in [0.4, 0.5) is 11.8 Å². The highest BCUT2D eigenvalue weighted by atomic mass is 15.3. The van der Waals surface area contributed by atoms with E-state index in [4.69, 9.17) is 10.1 Å². The summed E-state index contributed by atoms with van der Waals surface area (Å²) in [6.45, 7) is 3.62. The lowest BCUT2D eigenvalue weighted by Crippen LogP contribution is -2.09. The van der Waals surface area contributed by atoms with E-state index in [1.165, 1.54) is 11.1 Å². The first-order valence-corrected chi connectivity index (χ1v) is 14.0. The largest absolute Gasteiger partial charge is 0.307 e. The molecule has 9 heteroatoms. The number of nitrogens with zero attached hydrogens (tertiary/aromatic N) is 8. The molecule has 1 N–H and O–H groups in total. The van der Waals surface area contributed by atoms with Crippen molar-refractivity contribution in [2.75, 3.05) is 5.32 Å². The van der Waals surface area contributed by atoms with Gasteiger partial charge in [-0.1, -0.05) is 54.6 Å². The van der Waals surface area contributed by atoms with Crippen molar-refractivity contribution in [3.8, 4) is 22.4 Å². The van der Waals surface area contributed by atoms with Gasteiger partial charge in [0.2, 0.25) is 5.95 Å². The highest BCUT2D eigenvalue weighted by molar-refractivity contribution is 5.72. The van der Waals surface area contributed by atoms with Crippen molar-refractivity contribution in [3.63, 3.8) is 0 Å². The monoisotopic (exact) mass is 541 g/mol. The van der Waals surface area contributed by atoms with Gasteiger partial charge in [-0.25, -0.2) is 9.97 Å². The van der Waals surface area contributed by atoms with Crippen molar-refractivity contribution in [2.45, 2.75) is 39.3 Å². The van der Waals surface area contributed by atoms with E-state index in [0.29, 0.717) is 5.95 Å². The summed E-state index contributed by atoms with van der Waals surface area (Å²) < 4.78 is 5.88. The van der Waals surface area contributed by atoms with Gasteiger partial charge in [0.05, 0.1) is 29.8 Å². The van der Waals surface area contributed by atoms with Crippen LogP contribution in [0.3, 0.4) is 0 Å². The fraction of sp³-hybridized carbons (Fsp3) is 0.219. The fourth-order valence-electron chi connectivity index (χ4n) is 5.53. The zero-order valence-electron chi connectivity index (χ0n) is 23.2. The average Bonchev–Trinajstić information content (AvgIpc) is 3.73. The number of anilines is 2. The summed E-state index contributed by atoms with van der Waals surface area (Å²) in [6.07, 6.45) is 10.5. The number of rotatable bonds is 8. The lowest BCUT2D eigenvalue weighted by Gasteiger charge is -2.17. The Morgan fingerprint density at radius 2 is 1.76 bits per heavy atom. The molecule has 1 aliphatic rings. The maximum Gasteiger partial charge on any atom is 0.228 e. The van der Waals surface area contributed by atoms with Gasteiger partial charge >= 0.3 is 0 Å². The van der Waals surface area contributed by atoms with E-state index in [1.807, 2.05) is 51.8 Å². The molecule has 0 unspecified atom stereocenters. The summed E-state index contributed by atoms with van der Waals surface area (Å²) in [5, 5.41) is 17.3. The minimum Gasteiger partial charge on any atom is -0.307 e. The van der Waals surface area contributed by atoms with E-state index in [1.54, 1.807) is 0 Å². The van der Waals surface area contributed by atoms with Crippen molar-refractivity contribution in [2.24, 2.45) is 7.05 Å². The predicted molar refractivity (Wildman–Crippen MR) is 159 cm³/mol. The molecule has 0 saturated carbocycles. The Morgan fingerprint density at radius 1 is 0.878 bits per heavy atom. The Bertz CT molecular complexity index is 1830. The van der Waals surface area contributed by atoms with Crippen molar-refractivity contribution < 1.29 is 0 Å². The maximum atomic E-state index is 4.97. The van der Waals surface area contributed by atoms with Crippen LogP contribution in [0.25, 0.3) is 22.4 Å². The second-order valence-corrected chi connectivity index (χ2v) is 10.4. The number of aromatic nitrogens is 8. The van der Waals surface area contributed by atoms with E-state index in [0.717, 1.165) is 77.5 Å². The SMILES string of the molecule is CCn1ccc(Nc2ncc3c(n2)-c2c(nn(C)c2Cc2cccc(-c4cnn(Cc5ccccc5)c4)c2)CC3)n1. The number of nitrogens with one attached hydrogen (secondary N) is 1. The van der Waals surface area contributed by atoms with Gasteiger partial charge in [0.1, 0.15) is 0 Å². The van der Waals surface area contributed by atoms with Crippen LogP contribution >= 0.6 is 0 Å². The second kappa shape index (κ2) is 10.5. The number of fused-ring (bicyclic) bond motifs is 3. The third-order valence-electron chi connectivity index (χ3n) is 7.63. The molecule has 9 nitrogen and oxygen atoms in total. The molecule has 0 saturated heterocycles. The molecular formula is C32H31N9. The highest BCUT2D eigenvalue weighted by Gasteiger charge is 2.26. The van der Waals surface area contributed by atoms with Gasteiger partial charge in [0.25, 0.3) is 0 Å². The predicted octanol–water partition coefficient (Wildman–Crippen LogP) is 5.44. The zero-order chi connectivity index (χ0) is 27.8. The quantitative estimate of drug-likeness (QED) is 0.276. The van der Waals surface area contributed by atoms with E-state index in [-0.39, 0.29) is 0 Å². The van der Waals surface area contributed by atoms with E-state index in [2.05, 4.69) is 82.1 Å². The minimum atomic E-state index is 0.544. The summed E-state index contributed by atoms with van der Waals surface area (Å²) >= 11 is 0. The fourth-order valence-corrected chi connectivity index (χ4v) is 5.53. The molecule has 204 valence electrons. The van der Waals surface area contributed by atoms with Crippen LogP contribution in [0.1, 0.15) is 35.0 Å². The molecule has 0 aliphatic heterocycles. The summed E-state index contributed by atoms with van der Waals surface area (Å²) in [6, 6.07) is 21.0. The molecule has 2 aromatic carbocycles. The summed E-state index contributed by atoms with van der Waals surface area (Å²) in [4.78, 5) is 9.55. The van der Waals surface area contributed by atoms with Gasteiger partial charge < -0.3 is 5.32 Å². The molecule has 0 bridgehead atoms. The standard InChI is InChI=1S/C32H31N9/c1-3-40-15-14-29(38-40)35-32-33-18-25-12-13-27-30(31(25)36-32)28(39(2)37-27)17-23-10-7-11-24(16-23)26-19-34-41(21-26)20-22-8-5-4-6-9-22/h4-11,14-16,18-19,21H,3,12-13,17,20H2,1-2H3,(H,33,35,36,38). The summed E-state index contributed by atoms with van der Waals surface area (Å²) in [5.74, 6) is 1.28. The molecule has 4 heterocycles. The van der Waals surface area contributed by atoms with Crippen LogP contribution in [0.5, 0.6) is 0 Å². The van der Waals surface area contributed by atoms with Crippen LogP contribution in [0.15, 0.2) is 85.5 Å². The van der Waals surface area contributed by atoms with Gasteiger partial charge in [-0.3, -0.25) is 14.0 Å². The van der Waals surface area contributed by atoms with Crippen molar-refractivity contribution in [1.29, 1.82) is 0 Å². The Labute approximate surface area is 238 Å². The molecule has 0 fully saturated rings. The van der Waals surface area contributed by atoms with Gasteiger partial charge in [-0.2, -0.15) is 15.3 Å². The highest BCUT2D eigenvalue weighted by Crippen LogP contribution is 2.36. The Balaban J connectivity index is 1.17. The van der Waals surface area contributed by atoms with Crippen molar-refractivity contribution in [1.82, 2.24) is 39.3 Å². The Morgan fingerprint density at radius 3 is 2.61 bits per heavy atom. The summed E-state index contributed by atoms with van der Waals surface area (Å²) in [7, 11) is 2.03. The van der Waals surface area contributed by atoms with Crippen LogP contribution in [0.2, 0.25) is 0 Å². The molecule has 6 aromatic rings. The van der Waals surface area contributed by atoms with E-state index < -0.39 is 0 Å². The molecule has 7 rings (SSSR count). The smallest absolute Gasteiger partial charge is 0.228 e. The molecule has 0 spiro atoms. The molecule has 41 heavy (non-hydrogen) atoms. The van der Waals surface area contributed by atoms with Crippen LogP contribution in [-0.4, -0.2) is 39.3 Å². The summed E-state index contributed by atoms with van der Waals surface area (Å²) in [5.41, 5.74) is 10.2. The first-order valence-electron chi connectivity index (χ1n) is 14.0. The maximum absolute atomic E-state index is 4.97. The molecule has 1 aliphatic carbocycles. The third kappa shape index (κ3) is 5.02. The normalized spacial score (nSPS) is 12.2. The van der Waals surface area contributed by atoms with Crippen LogP contribution in [-0.2, 0) is 39.4 Å². The third-order valence-corrected chi connectivity index (χ3v) is 7.63. The van der Waals surface area contributed by atoms with Crippen LogP contribution < -0.4 is 5.32 Å². The molecule has 0 amide bonds. The topological polar surface area (TPSA) is 91.3 Å². The number of hydrogen-bond acceptors (Lipinski definition) is 6. The second-order valence-electron chi connectivity index (χ2n) is 10.4. The van der Waals surface area contributed by atoms with Gasteiger partial charge in [-0.15, -0.1) is 0 Å².